The van der Waals surface area contributed by atoms with Crippen LogP contribution < -0.4 is 21.6 Å². The van der Waals surface area contributed by atoms with Crippen molar-refractivity contribution in [3.8, 4) is 0 Å². The van der Waals surface area contributed by atoms with E-state index in [1.165, 1.54) is 21.0 Å². The van der Waals surface area contributed by atoms with Gasteiger partial charge < -0.3 is 9.16 Å². The number of nitrogens with zero attached hydrogens (tertiary/aromatic N) is 1. The summed E-state index contributed by atoms with van der Waals surface area (Å²) in [7, 11) is -2.06. The third-order valence-electron chi connectivity index (χ3n) is 7.08. The first-order valence-electron chi connectivity index (χ1n) is 12.5. The molecule has 0 saturated heterocycles. The zero-order valence-corrected chi connectivity index (χ0v) is 24.9. The first-order chi connectivity index (χ1) is 18.3. The van der Waals surface area contributed by atoms with E-state index in [4.69, 9.17) is 9.16 Å². The molecule has 2 aromatic carbocycles. The Kier molecular flexibility index (Phi) is 7.31. The molecule has 0 aliphatic carbocycles. The number of aromatic nitrogens is 2. The molecule has 0 fully saturated rings. The molecular formula is C29H32N2O6SSi. The summed E-state index contributed by atoms with van der Waals surface area (Å²) in [4.78, 5) is 56.6. The fourth-order valence-electron chi connectivity index (χ4n) is 5.02. The van der Waals surface area contributed by atoms with Crippen LogP contribution in [-0.2, 0) is 19.5 Å². The Morgan fingerprint density at radius 2 is 1.41 bits per heavy atom. The summed E-state index contributed by atoms with van der Waals surface area (Å²) in [6.07, 6.45) is 0. The highest BCUT2D eigenvalue weighted by molar-refractivity contribution is 7.20. The molecule has 204 valence electrons. The molecule has 10 heteroatoms. The van der Waals surface area contributed by atoms with E-state index in [0.717, 1.165) is 26.3 Å². The second-order valence-electron chi connectivity index (χ2n) is 10.9. The van der Waals surface area contributed by atoms with Gasteiger partial charge in [0.1, 0.15) is 15.2 Å². The van der Waals surface area contributed by atoms with E-state index < -0.39 is 42.1 Å². The standard InChI is InChI=1S/C29H32N2O6SSi/c1-18-21-23(38-22(18)25(33)36-7)30-27(35)31(24(21)32)29(5,6)26(34)37-39(28(2,3)4,19-14-10-8-11-15-19)20-16-12-9-13-17-20/h8-17H,1-7H3,(H,30,35). The van der Waals surface area contributed by atoms with Crippen molar-refractivity contribution in [2.24, 2.45) is 0 Å². The van der Waals surface area contributed by atoms with Crippen LogP contribution in [0.2, 0.25) is 5.04 Å². The average molecular weight is 565 g/mol. The van der Waals surface area contributed by atoms with Gasteiger partial charge in [0.2, 0.25) is 0 Å². The number of rotatable bonds is 6. The lowest BCUT2D eigenvalue weighted by molar-refractivity contribution is -0.144. The summed E-state index contributed by atoms with van der Waals surface area (Å²) in [5, 5.41) is 1.44. The van der Waals surface area contributed by atoms with E-state index in [2.05, 4.69) is 4.98 Å². The molecule has 4 rings (SSSR count). The fraction of sp³-hybridized carbons (Fsp3) is 0.310. The number of hydrogen-bond acceptors (Lipinski definition) is 7. The third kappa shape index (κ3) is 4.57. The minimum atomic E-state index is -3.31. The molecule has 0 spiro atoms. The van der Waals surface area contributed by atoms with Crippen LogP contribution in [0, 0.1) is 6.92 Å². The monoisotopic (exact) mass is 564 g/mol. The number of H-pyrrole nitrogens is 1. The molecule has 0 aliphatic heterocycles. The maximum absolute atomic E-state index is 14.2. The smallest absolute Gasteiger partial charge is 0.348 e. The van der Waals surface area contributed by atoms with Crippen molar-refractivity contribution in [2.75, 3.05) is 7.11 Å². The van der Waals surface area contributed by atoms with Crippen molar-refractivity contribution in [3.63, 3.8) is 0 Å². The molecule has 0 saturated carbocycles. The number of benzene rings is 2. The molecule has 0 radical (unpaired) electrons. The van der Waals surface area contributed by atoms with E-state index in [9.17, 15) is 19.2 Å². The van der Waals surface area contributed by atoms with Crippen molar-refractivity contribution in [1.29, 1.82) is 0 Å². The number of carbonyl (C=O) groups is 2. The normalized spacial score (nSPS) is 12.4. The molecule has 8 nitrogen and oxygen atoms in total. The van der Waals surface area contributed by atoms with Gasteiger partial charge in [0.15, 0.2) is 0 Å². The Morgan fingerprint density at radius 1 is 0.897 bits per heavy atom. The topological polar surface area (TPSA) is 107 Å². The van der Waals surface area contributed by atoms with Crippen LogP contribution in [0.1, 0.15) is 49.9 Å². The molecule has 0 atom stereocenters. The van der Waals surface area contributed by atoms with Gasteiger partial charge in [0.25, 0.3) is 5.56 Å². The lowest BCUT2D eigenvalue weighted by atomic mass is 10.1. The van der Waals surface area contributed by atoms with E-state index in [1.54, 1.807) is 6.92 Å². The number of aromatic amines is 1. The molecule has 0 bridgehead atoms. The summed E-state index contributed by atoms with van der Waals surface area (Å²) in [6, 6.07) is 19.3. The highest BCUT2D eigenvalue weighted by atomic mass is 32.1. The summed E-state index contributed by atoms with van der Waals surface area (Å²) in [5.41, 5.74) is -2.74. The van der Waals surface area contributed by atoms with Gasteiger partial charge in [-0.05, 0) is 41.7 Å². The Morgan fingerprint density at radius 3 is 1.87 bits per heavy atom. The minimum Gasteiger partial charge on any atom is -0.508 e. The molecule has 2 aromatic heterocycles. The van der Waals surface area contributed by atoms with Gasteiger partial charge in [0, 0.05) is 0 Å². The largest absolute Gasteiger partial charge is 0.508 e. The summed E-state index contributed by atoms with van der Waals surface area (Å²) in [5.74, 6) is -1.31. The number of fused-ring (bicyclic) bond motifs is 1. The first-order valence-corrected chi connectivity index (χ1v) is 15.2. The number of nitrogens with one attached hydrogen (secondary N) is 1. The predicted octanol–water partition coefficient (Wildman–Crippen LogP) is 3.68. The third-order valence-corrected chi connectivity index (χ3v) is 13.2. The Balaban J connectivity index is 1.92. The van der Waals surface area contributed by atoms with E-state index in [1.807, 2.05) is 81.4 Å². The van der Waals surface area contributed by atoms with Gasteiger partial charge in [-0.2, -0.15) is 0 Å². The number of carbonyl (C=O) groups excluding carboxylic acids is 2. The number of ether oxygens (including phenoxy) is 1. The lowest BCUT2D eigenvalue weighted by Crippen LogP contribution is -2.69. The molecule has 0 unspecified atom stereocenters. The van der Waals surface area contributed by atoms with Gasteiger partial charge in [-0.1, -0.05) is 81.4 Å². The fourth-order valence-corrected chi connectivity index (χ4v) is 10.6. The summed E-state index contributed by atoms with van der Waals surface area (Å²) < 4.78 is 12.3. The van der Waals surface area contributed by atoms with Gasteiger partial charge in [-0.15, -0.1) is 11.3 Å². The Bertz CT molecular complexity index is 1620. The second-order valence-corrected chi connectivity index (χ2v) is 16.2. The van der Waals surface area contributed by atoms with Crippen molar-refractivity contribution in [1.82, 2.24) is 9.55 Å². The van der Waals surface area contributed by atoms with Crippen LogP contribution in [0.4, 0.5) is 0 Å². The highest BCUT2D eigenvalue weighted by Crippen LogP contribution is 2.38. The molecule has 0 amide bonds. The number of esters is 1. The van der Waals surface area contributed by atoms with Crippen molar-refractivity contribution >= 4 is 52.2 Å². The number of thiophene rings is 1. The van der Waals surface area contributed by atoms with Crippen LogP contribution in [0.15, 0.2) is 70.3 Å². The van der Waals surface area contributed by atoms with Crippen LogP contribution >= 0.6 is 11.3 Å². The number of hydrogen-bond donors (Lipinski definition) is 1. The van der Waals surface area contributed by atoms with Crippen LogP contribution in [0.5, 0.6) is 0 Å². The maximum atomic E-state index is 14.2. The second kappa shape index (κ2) is 10.1. The van der Waals surface area contributed by atoms with E-state index >= 15 is 0 Å². The van der Waals surface area contributed by atoms with Crippen molar-refractivity contribution < 1.29 is 18.8 Å². The zero-order chi connectivity index (χ0) is 28.8. The molecule has 1 N–H and O–H groups in total. The summed E-state index contributed by atoms with van der Waals surface area (Å²) >= 11 is 0.968. The molecular weight excluding hydrogens is 532 g/mol. The average Bonchev–Trinajstić information content (AvgIpc) is 3.22. The maximum Gasteiger partial charge on any atom is 0.348 e. The Labute approximate surface area is 231 Å². The molecule has 0 aliphatic rings. The SMILES string of the molecule is COC(=O)c1sc2[nH]c(=O)n(C(C)(C)C(=O)O[Si](c3ccccc3)(c3ccccc3)C(C)(C)C)c(=O)c2c1C. The number of methoxy groups -OCH3 is 1. The van der Waals surface area contributed by atoms with Crippen LogP contribution in [-0.4, -0.2) is 36.9 Å². The molecule has 2 heterocycles. The van der Waals surface area contributed by atoms with Crippen LogP contribution in [0.25, 0.3) is 10.2 Å². The minimum absolute atomic E-state index is 0.159. The van der Waals surface area contributed by atoms with E-state index in [0.29, 0.717) is 5.56 Å². The van der Waals surface area contributed by atoms with Gasteiger partial charge in [0.05, 0.1) is 12.5 Å². The van der Waals surface area contributed by atoms with Gasteiger partial charge in [-0.3, -0.25) is 14.6 Å². The van der Waals surface area contributed by atoms with Gasteiger partial charge >= 0.3 is 25.9 Å². The molecule has 39 heavy (non-hydrogen) atoms. The Hall–Kier alpha value is -3.76. The van der Waals surface area contributed by atoms with Crippen molar-refractivity contribution in [2.45, 2.75) is 52.1 Å². The zero-order valence-electron chi connectivity index (χ0n) is 23.1. The predicted molar refractivity (Wildman–Crippen MR) is 156 cm³/mol. The number of aryl methyl sites for hydroxylation is 1. The highest BCUT2D eigenvalue weighted by Gasteiger charge is 2.55. The summed E-state index contributed by atoms with van der Waals surface area (Å²) in [6.45, 7) is 10.7. The van der Waals surface area contributed by atoms with E-state index in [-0.39, 0.29) is 15.1 Å². The molecule has 4 aromatic rings. The van der Waals surface area contributed by atoms with Crippen molar-refractivity contribution in [3.05, 3.63) is 91.9 Å². The first kappa shape index (κ1) is 28.3. The van der Waals surface area contributed by atoms with Gasteiger partial charge in [-0.25, -0.2) is 14.2 Å². The quantitative estimate of drug-likeness (QED) is 0.283. The van der Waals surface area contributed by atoms with Crippen LogP contribution in [0.3, 0.4) is 0 Å². The lowest BCUT2D eigenvalue weighted by Gasteiger charge is -2.43.